The lowest BCUT2D eigenvalue weighted by molar-refractivity contribution is 0.0935. The van der Waals surface area contributed by atoms with E-state index < -0.39 is 9.84 Å². The average molecular weight is 429 g/mol. The SMILES string of the molecule is CCN(CC)C(CNC(=O)c1cc(S(=O)(=O)CC)ccc1Cl)c1ccsc1. The number of carbonyl (C=O) groups is 1. The van der Waals surface area contributed by atoms with E-state index in [9.17, 15) is 13.2 Å². The second-order valence-electron chi connectivity index (χ2n) is 6.05. The highest BCUT2D eigenvalue weighted by Crippen LogP contribution is 2.24. The number of nitrogens with zero attached hydrogens (tertiary/aromatic N) is 1. The summed E-state index contributed by atoms with van der Waals surface area (Å²) < 4.78 is 24.2. The van der Waals surface area contributed by atoms with Gasteiger partial charge in [0.2, 0.25) is 0 Å². The molecule has 1 amide bonds. The van der Waals surface area contributed by atoms with Crippen LogP contribution in [0.3, 0.4) is 0 Å². The fourth-order valence-electron chi connectivity index (χ4n) is 2.91. The Labute approximate surface area is 170 Å². The number of thiophene rings is 1. The van der Waals surface area contributed by atoms with Gasteiger partial charge in [-0.15, -0.1) is 0 Å². The van der Waals surface area contributed by atoms with Crippen LogP contribution in [0.2, 0.25) is 5.02 Å². The molecule has 0 aliphatic carbocycles. The summed E-state index contributed by atoms with van der Waals surface area (Å²) in [7, 11) is -3.40. The molecule has 1 unspecified atom stereocenters. The van der Waals surface area contributed by atoms with Gasteiger partial charge < -0.3 is 5.32 Å². The van der Waals surface area contributed by atoms with Crippen molar-refractivity contribution in [2.75, 3.05) is 25.4 Å². The lowest BCUT2D eigenvalue weighted by Gasteiger charge is -2.29. The number of carbonyl (C=O) groups excluding carboxylic acids is 1. The van der Waals surface area contributed by atoms with E-state index in [0.29, 0.717) is 6.54 Å². The first-order valence-electron chi connectivity index (χ1n) is 8.90. The van der Waals surface area contributed by atoms with Gasteiger partial charge in [-0.2, -0.15) is 11.3 Å². The third-order valence-electron chi connectivity index (χ3n) is 4.56. The van der Waals surface area contributed by atoms with Crippen LogP contribution >= 0.6 is 22.9 Å². The molecule has 0 spiro atoms. The number of nitrogens with one attached hydrogen (secondary N) is 1. The molecule has 5 nitrogen and oxygen atoms in total. The van der Waals surface area contributed by atoms with Crippen LogP contribution in [0.5, 0.6) is 0 Å². The summed E-state index contributed by atoms with van der Waals surface area (Å²) in [6.45, 7) is 7.87. The molecule has 0 fully saturated rings. The Morgan fingerprint density at radius 3 is 2.48 bits per heavy atom. The smallest absolute Gasteiger partial charge is 0.252 e. The Morgan fingerprint density at radius 2 is 1.93 bits per heavy atom. The summed E-state index contributed by atoms with van der Waals surface area (Å²) in [5.74, 6) is -0.404. The molecule has 1 atom stereocenters. The van der Waals surface area contributed by atoms with E-state index in [4.69, 9.17) is 11.6 Å². The highest BCUT2D eigenvalue weighted by Gasteiger charge is 2.21. The minimum Gasteiger partial charge on any atom is -0.350 e. The molecule has 1 aromatic heterocycles. The van der Waals surface area contributed by atoms with Gasteiger partial charge in [-0.25, -0.2) is 8.42 Å². The number of sulfone groups is 1. The number of benzene rings is 1. The van der Waals surface area contributed by atoms with E-state index in [1.807, 2.05) is 5.38 Å². The minimum atomic E-state index is -3.40. The molecule has 148 valence electrons. The van der Waals surface area contributed by atoms with Crippen LogP contribution < -0.4 is 5.32 Å². The molecule has 0 aliphatic rings. The summed E-state index contributed by atoms with van der Waals surface area (Å²) in [4.78, 5) is 15.1. The molecule has 27 heavy (non-hydrogen) atoms. The van der Waals surface area contributed by atoms with Crippen molar-refractivity contribution in [2.24, 2.45) is 0 Å². The summed E-state index contributed by atoms with van der Waals surface area (Å²) in [6.07, 6.45) is 0. The Morgan fingerprint density at radius 1 is 1.22 bits per heavy atom. The molecular formula is C19H25ClN2O3S2. The Bertz CT molecular complexity index is 863. The molecule has 2 rings (SSSR count). The number of likely N-dealkylation sites (N-methyl/N-ethyl adjacent to an activating group) is 1. The first-order valence-corrected chi connectivity index (χ1v) is 11.9. The third kappa shape index (κ3) is 5.31. The second-order valence-corrected chi connectivity index (χ2v) is 9.51. The van der Waals surface area contributed by atoms with Crippen molar-refractivity contribution >= 4 is 38.7 Å². The van der Waals surface area contributed by atoms with E-state index in [2.05, 4.69) is 35.5 Å². The van der Waals surface area contributed by atoms with Crippen molar-refractivity contribution < 1.29 is 13.2 Å². The molecule has 0 saturated carbocycles. The maximum absolute atomic E-state index is 12.7. The lowest BCUT2D eigenvalue weighted by atomic mass is 10.1. The first-order chi connectivity index (χ1) is 12.8. The molecule has 1 aromatic carbocycles. The normalized spacial score (nSPS) is 12.9. The zero-order chi connectivity index (χ0) is 20.0. The topological polar surface area (TPSA) is 66.5 Å². The monoisotopic (exact) mass is 428 g/mol. The fraction of sp³-hybridized carbons (Fsp3) is 0.421. The predicted molar refractivity (Wildman–Crippen MR) is 111 cm³/mol. The first kappa shape index (κ1) is 21.9. The van der Waals surface area contributed by atoms with Crippen LogP contribution in [-0.4, -0.2) is 44.6 Å². The maximum Gasteiger partial charge on any atom is 0.252 e. The summed E-state index contributed by atoms with van der Waals surface area (Å²) >= 11 is 7.77. The molecule has 1 N–H and O–H groups in total. The molecule has 8 heteroatoms. The van der Waals surface area contributed by atoms with Gasteiger partial charge in [0.1, 0.15) is 0 Å². The second kappa shape index (κ2) is 9.68. The van der Waals surface area contributed by atoms with Gasteiger partial charge in [0.15, 0.2) is 9.84 Å². The molecule has 0 saturated heterocycles. The van der Waals surface area contributed by atoms with Crippen LogP contribution in [-0.2, 0) is 9.84 Å². The highest BCUT2D eigenvalue weighted by atomic mass is 35.5. The van der Waals surface area contributed by atoms with E-state index >= 15 is 0 Å². The molecule has 0 bridgehead atoms. The van der Waals surface area contributed by atoms with Crippen molar-refractivity contribution in [3.63, 3.8) is 0 Å². The van der Waals surface area contributed by atoms with Crippen molar-refractivity contribution in [3.8, 4) is 0 Å². The average Bonchev–Trinajstić information content (AvgIpc) is 3.19. The molecule has 2 aromatic rings. The standard InChI is InChI=1S/C19H25ClN2O3S2/c1-4-22(5-2)18(14-9-10-26-13-14)12-21-19(23)16-11-15(7-8-17(16)20)27(24,25)6-3/h7-11,13,18H,4-6,12H2,1-3H3,(H,21,23). The molecule has 1 heterocycles. The van der Waals surface area contributed by atoms with Crippen LogP contribution in [0.4, 0.5) is 0 Å². The van der Waals surface area contributed by atoms with Gasteiger partial charge in [-0.3, -0.25) is 9.69 Å². The van der Waals surface area contributed by atoms with Crippen LogP contribution in [0.25, 0.3) is 0 Å². The van der Waals surface area contributed by atoms with Gasteiger partial charge in [-0.1, -0.05) is 32.4 Å². The maximum atomic E-state index is 12.7. The van der Waals surface area contributed by atoms with Gasteiger partial charge in [0.25, 0.3) is 5.91 Å². The predicted octanol–water partition coefficient (Wildman–Crippen LogP) is 4.01. The van der Waals surface area contributed by atoms with Crippen molar-refractivity contribution in [1.82, 2.24) is 10.2 Å². The minimum absolute atomic E-state index is 0.0299. The number of halogens is 1. The number of hydrogen-bond acceptors (Lipinski definition) is 5. The van der Waals surface area contributed by atoms with Crippen LogP contribution in [0, 0.1) is 0 Å². The van der Waals surface area contributed by atoms with Gasteiger partial charge in [0, 0.05) is 6.54 Å². The summed E-state index contributed by atoms with van der Waals surface area (Å²) in [5, 5.41) is 7.25. The van der Waals surface area contributed by atoms with Crippen LogP contribution in [0.15, 0.2) is 39.9 Å². The van der Waals surface area contributed by atoms with Crippen molar-refractivity contribution in [1.29, 1.82) is 0 Å². The Balaban J connectivity index is 2.22. The highest BCUT2D eigenvalue weighted by molar-refractivity contribution is 7.91. The number of rotatable bonds is 9. The van der Waals surface area contributed by atoms with Gasteiger partial charge in [-0.05, 0) is 53.7 Å². The number of hydrogen-bond donors (Lipinski definition) is 1. The third-order valence-corrected chi connectivity index (χ3v) is 7.32. The Hall–Kier alpha value is -1.41. The van der Waals surface area contributed by atoms with E-state index in [1.54, 1.807) is 18.3 Å². The fourth-order valence-corrected chi connectivity index (χ4v) is 4.73. The van der Waals surface area contributed by atoms with Crippen LogP contribution in [0.1, 0.15) is 42.7 Å². The van der Waals surface area contributed by atoms with E-state index in [0.717, 1.165) is 18.7 Å². The zero-order valence-electron chi connectivity index (χ0n) is 15.7. The molecule has 0 radical (unpaired) electrons. The van der Waals surface area contributed by atoms with Crippen molar-refractivity contribution in [3.05, 3.63) is 51.2 Å². The van der Waals surface area contributed by atoms with E-state index in [1.165, 1.54) is 18.2 Å². The summed E-state index contributed by atoms with van der Waals surface area (Å²) in [5.41, 5.74) is 1.33. The zero-order valence-corrected chi connectivity index (χ0v) is 18.1. The molecular weight excluding hydrogens is 404 g/mol. The number of amides is 1. The van der Waals surface area contributed by atoms with E-state index in [-0.39, 0.29) is 33.2 Å². The van der Waals surface area contributed by atoms with Gasteiger partial charge in [0.05, 0.1) is 27.3 Å². The Kier molecular flexibility index (Phi) is 7.85. The lowest BCUT2D eigenvalue weighted by Crippen LogP contribution is -2.38. The quantitative estimate of drug-likeness (QED) is 0.655. The largest absolute Gasteiger partial charge is 0.350 e. The van der Waals surface area contributed by atoms with Crippen molar-refractivity contribution in [2.45, 2.75) is 31.7 Å². The van der Waals surface area contributed by atoms with Gasteiger partial charge >= 0.3 is 0 Å². The molecule has 0 aliphatic heterocycles. The summed E-state index contributed by atoms with van der Waals surface area (Å²) in [6, 6.07) is 6.35.